The zero-order chi connectivity index (χ0) is 14.4. The van der Waals surface area contributed by atoms with E-state index in [0.29, 0.717) is 29.4 Å². The molecule has 102 valence electrons. The molecule has 1 aromatic carbocycles. The Morgan fingerprint density at radius 3 is 2.70 bits per heavy atom. The average molecular weight is 287 g/mol. The summed E-state index contributed by atoms with van der Waals surface area (Å²) in [5, 5.41) is 10.8. The SMILES string of the molecule is CCOC(=O)c1ccc(OCc2ccsc2C#N)cc1. The fourth-order valence-electron chi connectivity index (χ4n) is 1.61. The van der Waals surface area contributed by atoms with Gasteiger partial charge < -0.3 is 9.47 Å². The molecule has 0 aliphatic heterocycles. The van der Waals surface area contributed by atoms with Crippen LogP contribution in [-0.2, 0) is 11.3 Å². The fourth-order valence-corrected chi connectivity index (χ4v) is 2.31. The lowest BCUT2D eigenvalue weighted by Gasteiger charge is -2.06. The Morgan fingerprint density at radius 1 is 1.30 bits per heavy atom. The third kappa shape index (κ3) is 3.37. The molecule has 0 radical (unpaired) electrons. The lowest BCUT2D eigenvalue weighted by atomic mass is 10.2. The normalized spacial score (nSPS) is 9.80. The van der Waals surface area contributed by atoms with Crippen LogP contribution in [0.1, 0.15) is 27.7 Å². The molecular weight excluding hydrogens is 274 g/mol. The third-order valence-corrected chi connectivity index (χ3v) is 3.47. The Kier molecular flexibility index (Phi) is 4.75. The topological polar surface area (TPSA) is 59.3 Å². The number of nitriles is 1. The van der Waals surface area contributed by atoms with E-state index in [1.165, 1.54) is 11.3 Å². The minimum absolute atomic E-state index is 0.338. The van der Waals surface area contributed by atoms with Crippen molar-refractivity contribution in [1.82, 2.24) is 0 Å². The standard InChI is InChI=1S/C15H13NO3S/c1-2-18-15(17)11-3-5-13(6-4-11)19-10-12-7-8-20-14(12)9-16/h3-8H,2,10H2,1H3. The molecule has 0 unspecified atom stereocenters. The van der Waals surface area contributed by atoms with E-state index in [9.17, 15) is 4.79 Å². The van der Waals surface area contributed by atoms with Gasteiger partial charge in [0, 0.05) is 5.56 Å². The molecule has 0 saturated heterocycles. The first-order valence-corrected chi connectivity index (χ1v) is 6.99. The number of rotatable bonds is 5. The second kappa shape index (κ2) is 6.73. The van der Waals surface area contributed by atoms with Crippen molar-refractivity contribution >= 4 is 17.3 Å². The van der Waals surface area contributed by atoms with Gasteiger partial charge in [-0.05, 0) is 42.6 Å². The lowest BCUT2D eigenvalue weighted by molar-refractivity contribution is 0.0526. The van der Waals surface area contributed by atoms with Crippen LogP contribution < -0.4 is 4.74 Å². The monoisotopic (exact) mass is 287 g/mol. The summed E-state index contributed by atoms with van der Waals surface area (Å²) in [7, 11) is 0. The fraction of sp³-hybridized carbons (Fsp3) is 0.200. The summed E-state index contributed by atoms with van der Waals surface area (Å²) in [6.07, 6.45) is 0. The van der Waals surface area contributed by atoms with Crippen molar-refractivity contribution in [3.63, 3.8) is 0 Å². The molecule has 20 heavy (non-hydrogen) atoms. The van der Waals surface area contributed by atoms with Crippen LogP contribution in [0.4, 0.5) is 0 Å². The molecule has 1 aromatic heterocycles. The highest BCUT2D eigenvalue weighted by atomic mass is 32.1. The number of carbonyl (C=O) groups excluding carboxylic acids is 1. The Hall–Kier alpha value is -2.32. The van der Waals surface area contributed by atoms with Gasteiger partial charge in [0.05, 0.1) is 12.2 Å². The van der Waals surface area contributed by atoms with E-state index in [1.54, 1.807) is 31.2 Å². The number of esters is 1. The van der Waals surface area contributed by atoms with E-state index in [2.05, 4.69) is 6.07 Å². The van der Waals surface area contributed by atoms with Crippen molar-refractivity contribution in [2.75, 3.05) is 6.61 Å². The highest BCUT2D eigenvalue weighted by Crippen LogP contribution is 2.19. The van der Waals surface area contributed by atoms with Crippen molar-refractivity contribution in [2.45, 2.75) is 13.5 Å². The average Bonchev–Trinajstić information content (AvgIpc) is 2.93. The van der Waals surface area contributed by atoms with E-state index < -0.39 is 0 Å². The molecule has 0 bridgehead atoms. The highest BCUT2D eigenvalue weighted by molar-refractivity contribution is 7.10. The van der Waals surface area contributed by atoms with Gasteiger partial charge >= 0.3 is 5.97 Å². The number of carbonyl (C=O) groups is 1. The first-order chi connectivity index (χ1) is 9.74. The maximum atomic E-state index is 11.5. The van der Waals surface area contributed by atoms with Crippen molar-refractivity contribution in [1.29, 1.82) is 5.26 Å². The van der Waals surface area contributed by atoms with E-state index >= 15 is 0 Å². The van der Waals surface area contributed by atoms with Gasteiger partial charge in [-0.2, -0.15) is 5.26 Å². The van der Waals surface area contributed by atoms with Crippen molar-refractivity contribution in [3.8, 4) is 11.8 Å². The van der Waals surface area contributed by atoms with Crippen molar-refractivity contribution in [2.24, 2.45) is 0 Å². The quantitative estimate of drug-likeness (QED) is 0.791. The molecule has 0 amide bonds. The smallest absolute Gasteiger partial charge is 0.338 e. The van der Waals surface area contributed by atoms with Crippen LogP contribution in [0.25, 0.3) is 0 Å². The molecule has 5 heteroatoms. The number of benzene rings is 1. The molecule has 2 rings (SSSR count). The Balaban J connectivity index is 1.98. The highest BCUT2D eigenvalue weighted by Gasteiger charge is 2.07. The van der Waals surface area contributed by atoms with Gasteiger partial charge in [-0.3, -0.25) is 0 Å². The summed E-state index contributed by atoms with van der Waals surface area (Å²) in [6.45, 7) is 2.46. The van der Waals surface area contributed by atoms with E-state index in [4.69, 9.17) is 14.7 Å². The van der Waals surface area contributed by atoms with Gasteiger partial charge in [0.15, 0.2) is 0 Å². The zero-order valence-electron chi connectivity index (χ0n) is 11.0. The summed E-state index contributed by atoms with van der Waals surface area (Å²) in [5.74, 6) is 0.303. The number of ether oxygens (including phenoxy) is 2. The maximum absolute atomic E-state index is 11.5. The Morgan fingerprint density at radius 2 is 2.05 bits per heavy atom. The lowest BCUT2D eigenvalue weighted by Crippen LogP contribution is -2.04. The number of thiophene rings is 1. The van der Waals surface area contributed by atoms with Gasteiger partial charge in [0.25, 0.3) is 0 Å². The Labute approximate surface area is 121 Å². The molecular formula is C15H13NO3S. The molecule has 0 aliphatic carbocycles. The van der Waals surface area contributed by atoms with Crippen molar-refractivity contribution < 1.29 is 14.3 Å². The predicted molar refractivity (Wildman–Crippen MR) is 75.8 cm³/mol. The van der Waals surface area contributed by atoms with Gasteiger partial charge in [-0.1, -0.05) is 0 Å². The number of hydrogen-bond donors (Lipinski definition) is 0. The van der Waals surface area contributed by atoms with Crippen molar-refractivity contribution in [3.05, 3.63) is 51.7 Å². The van der Waals surface area contributed by atoms with Gasteiger partial charge in [-0.15, -0.1) is 11.3 Å². The minimum atomic E-state index is -0.344. The van der Waals surface area contributed by atoms with Crippen LogP contribution in [0.3, 0.4) is 0 Å². The number of hydrogen-bond acceptors (Lipinski definition) is 5. The van der Waals surface area contributed by atoms with Crippen LogP contribution in [0, 0.1) is 11.3 Å². The van der Waals surface area contributed by atoms with Crippen LogP contribution in [0.5, 0.6) is 5.75 Å². The molecule has 0 fully saturated rings. The summed E-state index contributed by atoms with van der Waals surface area (Å²) >= 11 is 1.39. The second-order valence-electron chi connectivity index (χ2n) is 3.92. The Bertz CT molecular complexity index is 625. The second-order valence-corrected chi connectivity index (χ2v) is 4.84. The van der Waals surface area contributed by atoms with E-state index in [0.717, 1.165) is 5.56 Å². The third-order valence-electron chi connectivity index (χ3n) is 2.61. The molecule has 0 atom stereocenters. The van der Waals surface area contributed by atoms with Crippen LogP contribution in [0.2, 0.25) is 0 Å². The summed E-state index contributed by atoms with van der Waals surface area (Å²) < 4.78 is 10.5. The van der Waals surface area contributed by atoms with Crippen LogP contribution in [-0.4, -0.2) is 12.6 Å². The predicted octanol–water partition coefficient (Wildman–Crippen LogP) is 3.38. The first kappa shape index (κ1) is 14.1. The number of nitrogens with zero attached hydrogens (tertiary/aromatic N) is 1. The molecule has 0 aliphatic rings. The van der Waals surface area contributed by atoms with E-state index in [-0.39, 0.29) is 5.97 Å². The molecule has 2 aromatic rings. The minimum Gasteiger partial charge on any atom is -0.489 e. The van der Waals surface area contributed by atoms with Gasteiger partial charge in [0.2, 0.25) is 0 Å². The largest absolute Gasteiger partial charge is 0.489 e. The van der Waals surface area contributed by atoms with Gasteiger partial charge in [0.1, 0.15) is 23.3 Å². The summed E-state index contributed by atoms with van der Waals surface area (Å²) in [4.78, 5) is 12.1. The molecule has 4 nitrogen and oxygen atoms in total. The maximum Gasteiger partial charge on any atom is 0.338 e. The summed E-state index contributed by atoms with van der Waals surface area (Å²) in [5.41, 5.74) is 1.36. The first-order valence-electron chi connectivity index (χ1n) is 6.11. The zero-order valence-corrected chi connectivity index (χ0v) is 11.8. The molecule has 0 N–H and O–H groups in total. The molecule has 0 saturated carbocycles. The van der Waals surface area contributed by atoms with E-state index in [1.807, 2.05) is 11.4 Å². The molecule has 0 spiro atoms. The van der Waals surface area contributed by atoms with Crippen LogP contribution >= 0.6 is 11.3 Å². The van der Waals surface area contributed by atoms with Crippen LogP contribution in [0.15, 0.2) is 35.7 Å². The summed E-state index contributed by atoms with van der Waals surface area (Å²) in [6, 6.07) is 10.7. The van der Waals surface area contributed by atoms with Gasteiger partial charge in [-0.25, -0.2) is 4.79 Å². The molecule has 1 heterocycles.